The molecule has 21 heavy (non-hydrogen) atoms. The fourth-order valence-electron chi connectivity index (χ4n) is 2.34. The summed E-state index contributed by atoms with van der Waals surface area (Å²) in [6, 6.07) is 9.29. The van der Waals surface area contributed by atoms with Gasteiger partial charge in [-0.15, -0.1) is 0 Å². The van der Waals surface area contributed by atoms with Gasteiger partial charge in [-0.1, -0.05) is 18.2 Å². The minimum Gasteiger partial charge on any atom is -0.361 e. The molecular formula is C16H9F4N. The van der Waals surface area contributed by atoms with E-state index in [-0.39, 0.29) is 11.1 Å². The molecule has 0 saturated heterocycles. The maximum absolute atomic E-state index is 13.4. The zero-order chi connectivity index (χ0) is 15.0. The van der Waals surface area contributed by atoms with E-state index in [2.05, 4.69) is 4.98 Å². The molecule has 106 valence electrons. The Hall–Kier alpha value is -2.56. The SMILES string of the molecule is FC(F)=C(c1cc(F)cc(F)c1)c1c[nH]c2ccccc12. The van der Waals surface area contributed by atoms with Crippen molar-refractivity contribution in [3.63, 3.8) is 0 Å². The monoisotopic (exact) mass is 291 g/mol. The smallest absolute Gasteiger partial charge is 0.278 e. The Morgan fingerprint density at radius 3 is 2.24 bits per heavy atom. The maximum atomic E-state index is 13.4. The number of fused-ring (bicyclic) bond motifs is 1. The van der Waals surface area contributed by atoms with E-state index in [1.54, 1.807) is 24.3 Å². The molecule has 0 aliphatic heterocycles. The average molecular weight is 291 g/mol. The molecule has 1 nitrogen and oxygen atoms in total. The topological polar surface area (TPSA) is 15.8 Å². The largest absolute Gasteiger partial charge is 0.361 e. The number of para-hydroxylation sites is 1. The summed E-state index contributed by atoms with van der Waals surface area (Å²) in [5, 5.41) is 0.560. The van der Waals surface area contributed by atoms with Crippen LogP contribution in [0.5, 0.6) is 0 Å². The molecule has 3 aromatic rings. The summed E-state index contributed by atoms with van der Waals surface area (Å²) < 4.78 is 53.3. The summed E-state index contributed by atoms with van der Waals surface area (Å²) in [7, 11) is 0. The van der Waals surface area contributed by atoms with Crippen molar-refractivity contribution in [2.24, 2.45) is 0 Å². The lowest BCUT2D eigenvalue weighted by atomic mass is 9.98. The Bertz CT molecular complexity index is 824. The molecule has 0 aliphatic rings. The number of nitrogens with one attached hydrogen (secondary N) is 1. The molecular weight excluding hydrogens is 282 g/mol. The highest BCUT2D eigenvalue weighted by Gasteiger charge is 2.17. The molecule has 1 aromatic heterocycles. The lowest BCUT2D eigenvalue weighted by Gasteiger charge is -2.06. The van der Waals surface area contributed by atoms with Crippen molar-refractivity contribution in [3.8, 4) is 0 Å². The van der Waals surface area contributed by atoms with Gasteiger partial charge in [0.15, 0.2) is 0 Å². The van der Waals surface area contributed by atoms with Crippen LogP contribution in [0, 0.1) is 11.6 Å². The number of benzene rings is 2. The molecule has 1 N–H and O–H groups in total. The number of aromatic amines is 1. The predicted octanol–water partition coefficient (Wildman–Crippen LogP) is 5.10. The molecule has 0 radical (unpaired) electrons. The van der Waals surface area contributed by atoms with E-state index >= 15 is 0 Å². The van der Waals surface area contributed by atoms with Gasteiger partial charge in [-0.2, -0.15) is 8.78 Å². The molecule has 0 fully saturated rings. The van der Waals surface area contributed by atoms with E-state index < -0.39 is 23.3 Å². The summed E-state index contributed by atoms with van der Waals surface area (Å²) in [6.07, 6.45) is -0.591. The highest BCUT2D eigenvalue weighted by atomic mass is 19.3. The first-order valence-corrected chi connectivity index (χ1v) is 6.14. The second kappa shape index (κ2) is 5.09. The fraction of sp³-hybridized carbons (Fsp3) is 0. The minimum absolute atomic E-state index is 0.197. The highest BCUT2D eigenvalue weighted by Crippen LogP contribution is 2.34. The molecule has 0 spiro atoms. The van der Waals surface area contributed by atoms with Crippen LogP contribution in [-0.4, -0.2) is 4.98 Å². The van der Waals surface area contributed by atoms with Crippen LogP contribution in [0.15, 0.2) is 54.7 Å². The molecule has 0 aliphatic carbocycles. The first-order valence-electron chi connectivity index (χ1n) is 6.14. The molecule has 0 saturated carbocycles. The standard InChI is InChI=1S/C16H9F4N/c17-10-5-9(6-11(18)7-10)15(16(19)20)13-8-21-14-4-2-1-3-12(13)14/h1-8,21H. The zero-order valence-electron chi connectivity index (χ0n) is 10.6. The third-order valence-corrected chi connectivity index (χ3v) is 3.20. The minimum atomic E-state index is -2.00. The second-order valence-electron chi connectivity index (χ2n) is 4.54. The van der Waals surface area contributed by atoms with Gasteiger partial charge < -0.3 is 4.98 Å². The third kappa shape index (κ3) is 2.42. The Morgan fingerprint density at radius 1 is 0.905 bits per heavy atom. The maximum Gasteiger partial charge on any atom is 0.278 e. The Kier molecular flexibility index (Phi) is 3.25. The number of hydrogen-bond acceptors (Lipinski definition) is 0. The molecule has 0 unspecified atom stereocenters. The van der Waals surface area contributed by atoms with E-state index in [4.69, 9.17) is 0 Å². The molecule has 2 aromatic carbocycles. The van der Waals surface area contributed by atoms with Crippen molar-refractivity contribution in [3.05, 3.63) is 77.5 Å². The molecule has 5 heteroatoms. The van der Waals surface area contributed by atoms with Crippen LogP contribution in [0.4, 0.5) is 17.6 Å². The van der Waals surface area contributed by atoms with Crippen LogP contribution in [0.3, 0.4) is 0 Å². The van der Waals surface area contributed by atoms with Crippen LogP contribution in [0.1, 0.15) is 11.1 Å². The second-order valence-corrected chi connectivity index (χ2v) is 4.54. The lowest BCUT2D eigenvalue weighted by molar-refractivity contribution is 0.426. The van der Waals surface area contributed by atoms with Gasteiger partial charge in [0.25, 0.3) is 6.08 Å². The van der Waals surface area contributed by atoms with Crippen molar-refractivity contribution in [1.29, 1.82) is 0 Å². The zero-order valence-corrected chi connectivity index (χ0v) is 10.6. The average Bonchev–Trinajstić information content (AvgIpc) is 2.82. The molecule has 0 amide bonds. The summed E-state index contributed by atoms with van der Waals surface area (Å²) >= 11 is 0. The first kappa shape index (κ1) is 13.4. The normalized spacial score (nSPS) is 10.9. The van der Waals surface area contributed by atoms with E-state index in [1.807, 2.05) is 0 Å². The lowest BCUT2D eigenvalue weighted by Crippen LogP contribution is -1.92. The summed E-state index contributed by atoms with van der Waals surface area (Å²) in [5.41, 5.74) is 0.196. The van der Waals surface area contributed by atoms with Gasteiger partial charge in [0.2, 0.25) is 0 Å². The third-order valence-electron chi connectivity index (χ3n) is 3.20. The van der Waals surface area contributed by atoms with Gasteiger partial charge >= 0.3 is 0 Å². The van der Waals surface area contributed by atoms with Gasteiger partial charge in [0.05, 0.1) is 5.57 Å². The van der Waals surface area contributed by atoms with Gasteiger partial charge in [0.1, 0.15) is 11.6 Å². The Morgan fingerprint density at radius 2 is 1.57 bits per heavy atom. The molecule has 0 bridgehead atoms. The summed E-state index contributed by atoms with van der Waals surface area (Å²) in [5.74, 6) is -1.80. The quantitative estimate of drug-likeness (QED) is 0.632. The van der Waals surface area contributed by atoms with E-state index in [1.165, 1.54) is 6.20 Å². The summed E-state index contributed by atoms with van der Waals surface area (Å²) in [6.45, 7) is 0. The molecule has 0 atom stereocenters. The van der Waals surface area contributed by atoms with E-state index in [0.29, 0.717) is 17.0 Å². The number of H-pyrrole nitrogens is 1. The number of hydrogen-bond donors (Lipinski definition) is 1. The van der Waals surface area contributed by atoms with Gasteiger partial charge in [-0.05, 0) is 23.8 Å². The molecule has 1 heterocycles. The fourth-order valence-corrected chi connectivity index (χ4v) is 2.34. The number of rotatable bonds is 2. The number of halogens is 4. The first-order chi connectivity index (χ1) is 10.1. The number of aromatic nitrogens is 1. The van der Waals surface area contributed by atoms with E-state index in [9.17, 15) is 17.6 Å². The van der Waals surface area contributed by atoms with Crippen LogP contribution >= 0.6 is 0 Å². The molecule has 3 rings (SSSR count). The van der Waals surface area contributed by atoms with Crippen molar-refractivity contribution >= 4 is 16.5 Å². The van der Waals surface area contributed by atoms with Crippen LogP contribution in [0.25, 0.3) is 16.5 Å². The van der Waals surface area contributed by atoms with Crippen molar-refractivity contribution in [1.82, 2.24) is 4.98 Å². The van der Waals surface area contributed by atoms with Crippen LogP contribution < -0.4 is 0 Å². The van der Waals surface area contributed by atoms with E-state index in [0.717, 1.165) is 12.1 Å². The van der Waals surface area contributed by atoms with Gasteiger partial charge in [0, 0.05) is 28.7 Å². The van der Waals surface area contributed by atoms with Crippen LogP contribution in [0.2, 0.25) is 0 Å². The van der Waals surface area contributed by atoms with Crippen LogP contribution in [-0.2, 0) is 0 Å². The van der Waals surface area contributed by atoms with Gasteiger partial charge in [-0.25, -0.2) is 8.78 Å². The predicted molar refractivity (Wildman–Crippen MR) is 72.9 cm³/mol. The highest BCUT2D eigenvalue weighted by molar-refractivity contribution is 5.97. The van der Waals surface area contributed by atoms with Gasteiger partial charge in [-0.3, -0.25) is 0 Å². The van der Waals surface area contributed by atoms with Crippen molar-refractivity contribution < 1.29 is 17.6 Å². The van der Waals surface area contributed by atoms with Crippen molar-refractivity contribution in [2.75, 3.05) is 0 Å². The summed E-state index contributed by atoms with van der Waals surface area (Å²) in [4.78, 5) is 2.87. The van der Waals surface area contributed by atoms with Crippen molar-refractivity contribution in [2.45, 2.75) is 0 Å². The Balaban J connectivity index is 2.27. The Labute approximate surface area is 117 Å².